The van der Waals surface area contributed by atoms with Gasteiger partial charge in [-0.05, 0) is 51.8 Å². The number of amides is 1. The van der Waals surface area contributed by atoms with Crippen LogP contribution in [0.25, 0.3) is 0 Å². The van der Waals surface area contributed by atoms with E-state index in [1.807, 2.05) is 24.9 Å². The maximum atomic E-state index is 13.8. The normalized spacial score (nSPS) is 28.8. The number of hydrogen-bond acceptors (Lipinski definition) is 10. The summed E-state index contributed by atoms with van der Waals surface area (Å²) in [4.78, 5) is 44.1. The highest BCUT2D eigenvalue weighted by molar-refractivity contribution is 6.25. The van der Waals surface area contributed by atoms with E-state index in [2.05, 4.69) is 16.3 Å². The van der Waals surface area contributed by atoms with Crippen LogP contribution in [0, 0.1) is 18.3 Å². The van der Waals surface area contributed by atoms with Gasteiger partial charge in [0.15, 0.2) is 23.0 Å². The van der Waals surface area contributed by atoms with Crippen molar-refractivity contribution in [2.24, 2.45) is 5.73 Å². The van der Waals surface area contributed by atoms with Gasteiger partial charge in [0.25, 0.3) is 0 Å². The summed E-state index contributed by atoms with van der Waals surface area (Å²) in [5, 5.41) is 24.8. The van der Waals surface area contributed by atoms with Gasteiger partial charge in [-0.3, -0.25) is 24.2 Å². The van der Waals surface area contributed by atoms with E-state index in [1.54, 1.807) is 13.8 Å². The molecule has 5 rings (SSSR count). The summed E-state index contributed by atoms with van der Waals surface area (Å²) < 4.78 is 10.9. The highest BCUT2D eigenvalue weighted by atomic mass is 16.5. The molecule has 1 saturated heterocycles. The van der Waals surface area contributed by atoms with E-state index in [-0.39, 0.29) is 47.4 Å². The van der Waals surface area contributed by atoms with Crippen LogP contribution < -0.4 is 15.8 Å². The number of methoxy groups -OCH3 is 2. The van der Waals surface area contributed by atoms with Gasteiger partial charge >= 0.3 is 0 Å². The number of hydrogen-bond donors (Lipinski definition) is 3. The number of benzene rings is 1. The number of nitrogens with zero attached hydrogens (tertiary/aromatic N) is 3. The van der Waals surface area contributed by atoms with Gasteiger partial charge < -0.3 is 25.6 Å². The van der Waals surface area contributed by atoms with E-state index < -0.39 is 41.9 Å². The lowest BCUT2D eigenvalue weighted by Gasteiger charge is -2.60. The molecule has 1 fully saturated rings. The first-order valence-corrected chi connectivity index (χ1v) is 13.4. The van der Waals surface area contributed by atoms with Crippen molar-refractivity contribution in [2.45, 2.75) is 69.9 Å². The molecule has 2 bridgehead atoms. The van der Waals surface area contributed by atoms with Crippen LogP contribution in [-0.2, 0) is 25.5 Å². The minimum Gasteiger partial charge on any atom is -0.504 e. The van der Waals surface area contributed by atoms with E-state index >= 15 is 0 Å². The third-order valence-corrected chi connectivity index (χ3v) is 8.95. The van der Waals surface area contributed by atoms with Gasteiger partial charge in [0, 0.05) is 40.9 Å². The van der Waals surface area contributed by atoms with Crippen LogP contribution in [0.15, 0.2) is 28.5 Å². The van der Waals surface area contributed by atoms with Crippen LogP contribution in [0.3, 0.4) is 0 Å². The summed E-state index contributed by atoms with van der Waals surface area (Å²) in [5.74, 6) is -0.749. The number of nitrogens with one attached hydrogen (secondary N) is 1. The van der Waals surface area contributed by atoms with E-state index in [9.17, 15) is 24.8 Å². The molecule has 4 N–H and O–H groups in total. The number of carbonyl (C=O) groups is 3. The minimum absolute atomic E-state index is 0.0256. The summed E-state index contributed by atoms with van der Waals surface area (Å²) >= 11 is 0. The molecule has 1 aromatic carbocycles. The second-order valence-corrected chi connectivity index (χ2v) is 11.1. The number of Topliss-reactive ketones (excluding diaryl/α,β-unsaturated/α-hetero) is 2. The number of allylic oxidation sites excluding steroid dienone is 2. The molecule has 40 heavy (non-hydrogen) atoms. The lowest BCUT2D eigenvalue weighted by atomic mass is 9.69. The van der Waals surface area contributed by atoms with Crippen LogP contribution in [0.2, 0.25) is 0 Å². The minimum atomic E-state index is -0.787. The molecule has 212 valence electrons. The molecule has 1 aliphatic carbocycles. The van der Waals surface area contributed by atoms with Gasteiger partial charge in [-0.15, -0.1) is 0 Å². The third-order valence-electron chi connectivity index (χ3n) is 8.95. The molecule has 4 aliphatic rings. The van der Waals surface area contributed by atoms with Crippen LogP contribution in [0.4, 0.5) is 0 Å². The molecule has 3 heterocycles. The fourth-order valence-corrected chi connectivity index (χ4v) is 7.17. The molecular weight excluding hydrogens is 514 g/mol. The fourth-order valence-electron chi connectivity index (χ4n) is 7.17. The Hall–Kier alpha value is -3.72. The van der Waals surface area contributed by atoms with Crippen LogP contribution >= 0.6 is 0 Å². The number of aryl methyl sites for hydroxylation is 1. The molecule has 0 saturated carbocycles. The van der Waals surface area contributed by atoms with E-state index in [4.69, 9.17) is 15.2 Å². The highest BCUT2D eigenvalue weighted by Crippen LogP contribution is 2.53. The number of likely N-dealkylation sites (N-methyl/N-ethyl adjacent to an activating group) is 1. The number of aromatic hydroxyl groups is 1. The standard InChI is InChI=1S/C29H35N5O6/c1-12-7-15-8-17-19(10-30)34-18(23(33(17)4)21(15)25(36)27(12)39-5)9-16-22(20(34)11-32-29(38)14(3)31)26(37)28(40-6)13(2)24(16)35/h7,14,17-20,23,36H,8-9,11,31H2,1-6H3,(H,32,38)/t14?,17?,18?,19-,20-,23-/m0/s1. The van der Waals surface area contributed by atoms with Gasteiger partial charge in [-0.1, -0.05) is 6.07 Å². The van der Waals surface area contributed by atoms with Crippen LogP contribution in [-0.4, -0.2) is 90.4 Å². The number of piperazine rings is 1. The van der Waals surface area contributed by atoms with Gasteiger partial charge in [0.1, 0.15) is 6.04 Å². The van der Waals surface area contributed by atoms with Gasteiger partial charge in [-0.25, -0.2) is 0 Å². The van der Waals surface area contributed by atoms with Crippen molar-refractivity contribution in [1.29, 1.82) is 5.26 Å². The number of rotatable bonds is 5. The van der Waals surface area contributed by atoms with Gasteiger partial charge in [-0.2, -0.15) is 5.26 Å². The SMILES string of the molecule is COC1=C(C)C(=O)C2=C(C1=O)[C@H](CNC(=O)C(C)N)N1C(C2)[C@H]2c3c(cc(C)c(OC)c3O)CC([C@@H]1C#N)N2C. The molecule has 6 atom stereocenters. The Kier molecular flexibility index (Phi) is 6.98. The van der Waals surface area contributed by atoms with Crippen molar-refractivity contribution in [3.63, 3.8) is 0 Å². The molecule has 1 aromatic rings. The Labute approximate surface area is 233 Å². The predicted molar refractivity (Wildman–Crippen MR) is 144 cm³/mol. The zero-order valence-corrected chi connectivity index (χ0v) is 23.6. The molecule has 0 radical (unpaired) electrons. The lowest BCUT2D eigenvalue weighted by molar-refractivity contribution is -0.125. The van der Waals surface area contributed by atoms with Gasteiger partial charge in [0.05, 0.1) is 38.4 Å². The molecule has 3 aliphatic heterocycles. The topological polar surface area (TPSA) is 158 Å². The number of phenols is 1. The molecule has 3 unspecified atom stereocenters. The quantitative estimate of drug-likeness (QED) is 0.448. The third kappa shape index (κ3) is 3.85. The molecule has 1 amide bonds. The number of ketones is 2. The second-order valence-electron chi connectivity index (χ2n) is 11.1. The van der Waals surface area contributed by atoms with Crippen molar-refractivity contribution in [1.82, 2.24) is 15.1 Å². The number of phenolic OH excluding ortho intramolecular Hbond substituents is 1. The van der Waals surface area contributed by atoms with E-state index in [0.717, 1.165) is 11.1 Å². The lowest BCUT2D eigenvalue weighted by Crippen LogP contribution is -2.71. The molecule has 11 nitrogen and oxygen atoms in total. The van der Waals surface area contributed by atoms with Gasteiger partial charge in [0.2, 0.25) is 11.7 Å². The smallest absolute Gasteiger partial charge is 0.236 e. The van der Waals surface area contributed by atoms with E-state index in [0.29, 0.717) is 23.3 Å². The summed E-state index contributed by atoms with van der Waals surface area (Å²) in [6.07, 6.45) is 0.670. The van der Waals surface area contributed by atoms with Crippen molar-refractivity contribution in [3.05, 3.63) is 45.2 Å². The van der Waals surface area contributed by atoms with Crippen molar-refractivity contribution in [2.75, 3.05) is 27.8 Å². The Bertz CT molecular complexity index is 1420. The number of carbonyl (C=O) groups excluding carboxylic acids is 3. The molecule has 0 aromatic heterocycles. The average Bonchev–Trinajstić information content (AvgIpc) is 2.91. The molecule has 11 heteroatoms. The Balaban J connectivity index is 1.72. The first-order valence-electron chi connectivity index (χ1n) is 13.4. The second kappa shape index (κ2) is 10.0. The van der Waals surface area contributed by atoms with Crippen LogP contribution in [0.5, 0.6) is 11.5 Å². The number of nitriles is 1. The number of ether oxygens (including phenoxy) is 2. The zero-order valence-electron chi connectivity index (χ0n) is 23.6. The summed E-state index contributed by atoms with van der Waals surface area (Å²) in [7, 11) is 4.78. The predicted octanol–water partition coefficient (Wildman–Crippen LogP) is 0.788. The summed E-state index contributed by atoms with van der Waals surface area (Å²) in [5.41, 5.74) is 9.01. The maximum Gasteiger partial charge on any atom is 0.236 e. The largest absolute Gasteiger partial charge is 0.504 e. The Morgan fingerprint density at radius 1 is 1.23 bits per heavy atom. The van der Waals surface area contributed by atoms with E-state index in [1.165, 1.54) is 14.2 Å². The van der Waals surface area contributed by atoms with Crippen LogP contribution in [0.1, 0.15) is 43.0 Å². The number of nitrogens with two attached hydrogens (primary N) is 1. The molecule has 0 spiro atoms. The monoisotopic (exact) mass is 549 g/mol. The van der Waals surface area contributed by atoms with Crippen molar-refractivity contribution < 1.29 is 29.0 Å². The molecular formula is C29H35N5O6. The number of fused-ring (bicyclic) bond motifs is 6. The Morgan fingerprint density at radius 2 is 1.93 bits per heavy atom. The fraction of sp³-hybridized carbons (Fsp3) is 0.517. The van der Waals surface area contributed by atoms with Crippen molar-refractivity contribution >= 4 is 17.5 Å². The summed E-state index contributed by atoms with van der Waals surface area (Å²) in [6.45, 7) is 4.97. The first-order chi connectivity index (χ1) is 19.0. The summed E-state index contributed by atoms with van der Waals surface area (Å²) in [6, 6.07) is 1.07. The first kappa shape index (κ1) is 27.8. The highest BCUT2D eigenvalue weighted by Gasteiger charge is 2.57. The van der Waals surface area contributed by atoms with Crippen molar-refractivity contribution in [3.8, 4) is 17.6 Å². The maximum absolute atomic E-state index is 13.8. The average molecular weight is 550 g/mol. The zero-order chi connectivity index (χ0) is 29.2. The Morgan fingerprint density at radius 3 is 2.52 bits per heavy atom.